The molecule has 5 heteroatoms. The predicted octanol–water partition coefficient (Wildman–Crippen LogP) is 1.91. The number of nitrogens with two attached hydrogens (primary N) is 1. The summed E-state index contributed by atoms with van der Waals surface area (Å²) in [6, 6.07) is 5.86. The van der Waals surface area contributed by atoms with E-state index in [0.717, 1.165) is 43.9 Å². The number of hydrogen-bond donors (Lipinski definition) is 3. The molecular weight excluding hydrogens is 264 g/mol. The van der Waals surface area contributed by atoms with Crippen molar-refractivity contribution in [2.75, 3.05) is 26.2 Å². The van der Waals surface area contributed by atoms with Gasteiger partial charge < -0.3 is 21.2 Å². The number of likely N-dealkylation sites (N-methyl/N-ethyl adjacent to an activating group) is 1. The van der Waals surface area contributed by atoms with Crippen molar-refractivity contribution >= 4 is 5.84 Å². The molecule has 1 aromatic rings. The summed E-state index contributed by atoms with van der Waals surface area (Å²) in [7, 11) is 0. The molecule has 0 unspecified atom stereocenters. The van der Waals surface area contributed by atoms with Crippen molar-refractivity contribution < 1.29 is 5.21 Å². The Balaban J connectivity index is 2.46. The quantitative estimate of drug-likeness (QED) is 0.214. The lowest BCUT2D eigenvalue weighted by atomic mass is 10.0. The van der Waals surface area contributed by atoms with Crippen LogP contribution in [0.15, 0.2) is 23.4 Å². The summed E-state index contributed by atoms with van der Waals surface area (Å²) < 4.78 is 0. The van der Waals surface area contributed by atoms with E-state index in [4.69, 9.17) is 10.9 Å². The van der Waals surface area contributed by atoms with E-state index in [9.17, 15) is 0 Å². The lowest BCUT2D eigenvalue weighted by Gasteiger charge is -2.19. The Morgan fingerprint density at radius 1 is 1.33 bits per heavy atom. The molecule has 118 valence electrons. The van der Waals surface area contributed by atoms with Crippen molar-refractivity contribution in [2.24, 2.45) is 10.9 Å². The fourth-order valence-corrected chi connectivity index (χ4v) is 2.32. The van der Waals surface area contributed by atoms with Gasteiger partial charge in [0.05, 0.1) is 0 Å². The van der Waals surface area contributed by atoms with Crippen LogP contribution in [0.5, 0.6) is 0 Å². The first-order valence-electron chi connectivity index (χ1n) is 7.62. The normalized spacial score (nSPS) is 12.1. The molecule has 0 aliphatic heterocycles. The van der Waals surface area contributed by atoms with Crippen LogP contribution >= 0.6 is 0 Å². The van der Waals surface area contributed by atoms with E-state index < -0.39 is 0 Å². The monoisotopic (exact) mass is 292 g/mol. The lowest BCUT2D eigenvalue weighted by Crippen LogP contribution is -2.32. The van der Waals surface area contributed by atoms with Gasteiger partial charge in [-0.2, -0.15) is 0 Å². The van der Waals surface area contributed by atoms with Crippen LogP contribution in [0.2, 0.25) is 0 Å². The first-order chi connectivity index (χ1) is 10.1. The summed E-state index contributed by atoms with van der Waals surface area (Å²) in [4.78, 5) is 2.45. The number of nitrogens with zero attached hydrogens (tertiary/aromatic N) is 2. The van der Waals surface area contributed by atoms with Gasteiger partial charge in [0.1, 0.15) is 0 Å². The van der Waals surface area contributed by atoms with Crippen LogP contribution < -0.4 is 11.1 Å². The largest absolute Gasteiger partial charge is 0.409 e. The average molecular weight is 292 g/mol. The molecule has 0 aliphatic carbocycles. The SMILES string of the molecule is CCCN(CC)CCNCc1ccc(/C(N)=N/O)cc1C. The average Bonchev–Trinajstić information content (AvgIpc) is 2.50. The van der Waals surface area contributed by atoms with Crippen molar-refractivity contribution in [1.29, 1.82) is 0 Å². The third kappa shape index (κ3) is 5.73. The van der Waals surface area contributed by atoms with Gasteiger partial charge in [-0.05, 0) is 43.6 Å². The van der Waals surface area contributed by atoms with Crippen molar-refractivity contribution in [2.45, 2.75) is 33.7 Å². The minimum absolute atomic E-state index is 0.149. The second kappa shape index (κ2) is 9.37. The second-order valence-corrected chi connectivity index (χ2v) is 5.24. The topological polar surface area (TPSA) is 73.9 Å². The molecule has 0 bridgehead atoms. The van der Waals surface area contributed by atoms with E-state index in [0.29, 0.717) is 0 Å². The summed E-state index contributed by atoms with van der Waals surface area (Å²) in [5, 5.41) is 15.2. The Hall–Kier alpha value is -1.59. The molecule has 0 amide bonds. The molecule has 0 aliphatic rings. The number of oxime groups is 1. The zero-order valence-corrected chi connectivity index (χ0v) is 13.4. The highest BCUT2D eigenvalue weighted by molar-refractivity contribution is 5.97. The fourth-order valence-electron chi connectivity index (χ4n) is 2.32. The maximum absolute atomic E-state index is 8.69. The van der Waals surface area contributed by atoms with Gasteiger partial charge in [-0.3, -0.25) is 0 Å². The van der Waals surface area contributed by atoms with Gasteiger partial charge in [0.2, 0.25) is 0 Å². The Kier molecular flexibility index (Phi) is 7.79. The van der Waals surface area contributed by atoms with Crippen LogP contribution in [0, 0.1) is 6.92 Å². The number of benzene rings is 1. The highest BCUT2D eigenvalue weighted by atomic mass is 16.4. The molecule has 5 nitrogen and oxygen atoms in total. The summed E-state index contributed by atoms with van der Waals surface area (Å²) in [6.07, 6.45) is 1.20. The molecule has 0 heterocycles. The molecular formula is C16H28N4O. The predicted molar refractivity (Wildman–Crippen MR) is 87.8 cm³/mol. The first kappa shape index (κ1) is 17.5. The van der Waals surface area contributed by atoms with Crippen LogP contribution in [-0.2, 0) is 6.54 Å². The molecule has 0 saturated carbocycles. The standard InChI is InChI=1S/C16H28N4O/c1-4-9-20(5-2)10-8-18-12-15-7-6-14(11-13(15)3)16(17)19-21/h6-7,11,18,21H,4-5,8-10,12H2,1-3H3,(H2,17,19). The van der Waals surface area contributed by atoms with Gasteiger partial charge in [-0.25, -0.2) is 0 Å². The number of amidine groups is 1. The van der Waals surface area contributed by atoms with E-state index in [2.05, 4.69) is 29.2 Å². The summed E-state index contributed by atoms with van der Waals surface area (Å²) in [5.41, 5.74) is 8.72. The Labute approximate surface area is 127 Å². The van der Waals surface area contributed by atoms with Gasteiger partial charge in [0, 0.05) is 25.2 Å². The van der Waals surface area contributed by atoms with Crippen molar-refractivity contribution in [3.63, 3.8) is 0 Å². The molecule has 4 N–H and O–H groups in total. The molecule has 0 atom stereocenters. The zero-order valence-electron chi connectivity index (χ0n) is 13.4. The maximum atomic E-state index is 8.69. The van der Waals surface area contributed by atoms with Gasteiger partial charge in [-0.1, -0.05) is 31.1 Å². The number of aryl methyl sites for hydroxylation is 1. The van der Waals surface area contributed by atoms with Gasteiger partial charge >= 0.3 is 0 Å². The van der Waals surface area contributed by atoms with Crippen molar-refractivity contribution in [3.8, 4) is 0 Å². The number of rotatable bonds is 9. The molecule has 0 fully saturated rings. The summed E-state index contributed by atoms with van der Waals surface area (Å²) in [6.45, 7) is 11.6. The van der Waals surface area contributed by atoms with Gasteiger partial charge in [0.15, 0.2) is 5.84 Å². The minimum atomic E-state index is 0.149. The van der Waals surface area contributed by atoms with E-state index >= 15 is 0 Å². The molecule has 0 aromatic heterocycles. The second-order valence-electron chi connectivity index (χ2n) is 5.24. The van der Waals surface area contributed by atoms with E-state index in [1.54, 1.807) is 0 Å². The minimum Gasteiger partial charge on any atom is -0.409 e. The van der Waals surface area contributed by atoms with Crippen LogP contribution in [-0.4, -0.2) is 42.1 Å². The van der Waals surface area contributed by atoms with Gasteiger partial charge in [-0.15, -0.1) is 0 Å². The van der Waals surface area contributed by atoms with Crippen LogP contribution in [0.3, 0.4) is 0 Å². The third-order valence-corrected chi connectivity index (χ3v) is 3.65. The molecule has 0 radical (unpaired) electrons. The zero-order chi connectivity index (χ0) is 15.7. The van der Waals surface area contributed by atoms with E-state index in [-0.39, 0.29) is 5.84 Å². The van der Waals surface area contributed by atoms with Crippen LogP contribution in [0.4, 0.5) is 0 Å². The Morgan fingerprint density at radius 3 is 2.67 bits per heavy atom. The van der Waals surface area contributed by atoms with Gasteiger partial charge in [0.25, 0.3) is 0 Å². The van der Waals surface area contributed by atoms with E-state index in [1.807, 2.05) is 25.1 Å². The summed E-state index contributed by atoms with van der Waals surface area (Å²) in [5.74, 6) is 0.149. The highest BCUT2D eigenvalue weighted by Crippen LogP contribution is 2.11. The van der Waals surface area contributed by atoms with E-state index in [1.165, 1.54) is 12.0 Å². The molecule has 21 heavy (non-hydrogen) atoms. The number of nitrogens with one attached hydrogen (secondary N) is 1. The Bertz CT molecular complexity index is 460. The van der Waals surface area contributed by atoms with Crippen LogP contribution in [0.1, 0.15) is 37.0 Å². The third-order valence-electron chi connectivity index (χ3n) is 3.65. The van der Waals surface area contributed by atoms with Crippen molar-refractivity contribution in [1.82, 2.24) is 10.2 Å². The smallest absolute Gasteiger partial charge is 0.170 e. The molecule has 0 saturated heterocycles. The first-order valence-corrected chi connectivity index (χ1v) is 7.62. The molecule has 0 spiro atoms. The number of hydrogen-bond acceptors (Lipinski definition) is 4. The highest BCUT2D eigenvalue weighted by Gasteiger charge is 2.04. The fraction of sp³-hybridized carbons (Fsp3) is 0.562. The lowest BCUT2D eigenvalue weighted by molar-refractivity contribution is 0.287. The van der Waals surface area contributed by atoms with Crippen LogP contribution in [0.25, 0.3) is 0 Å². The molecule has 1 aromatic carbocycles. The Morgan fingerprint density at radius 2 is 2.10 bits per heavy atom. The summed E-state index contributed by atoms with van der Waals surface area (Å²) >= 11 is 0. The van der Waals surface area contributed by atoms with Crippen molar-refractivity contribution in [3.05, 3.63) is 34.9 Å². The molecule has 1 rings (SSSR count). The maximum Gasteiger partial charge on any atom is 0.170 e.